The molecule has 0 amide bonds. The largest absolute Gasteiger partial charge is 0.389 e. The molecule has 1 fully saturated rings. The first-order chi connectivity index (χ1) is 7.93. The van der Waals surface area contributed by atoms with Gasteiger partial charge < -0.3 is 5.11 Å². The number of aliphatic hydroxyl groups is 1. The maximum absolute atomic E-state index is 10.9. The van der Waals surface area contributed by atoms with Gasteiger partial charge in [0.2, 0.25) is 0 Å². The summed E-state index contributed by atoms with van der Waals surface area (Å²) in [7, 11) is 0. The summed E-state index contributed by atoms with van der Waals surface area (Å²) in [6, 6.07) is 0. The second-order valence-electron chi connectivity index (χ2n) is 6.03. The van der Waals surface area contributed by atoms with Crippen molar-refractivity contribution < 1.29 is 5.11 Å². The molecule has 17 heavy (non-hydrogen) atoms. The molecule has 1 saturated carbocycles. The summed E-state index contributed by atoms with van der Waals surface area (Å²) in [5, 5.41) is 10.9. The van der Waals surface area contributed by atoms with E-state index in [4.69, 9.17) is 0 Å². The predicted molar refractivity (Wildman–Crippen MR) is 75.0 cm³/mol. The number of allylic oxidation sites excluding steroid dienone is 2. The van der Waals surface area contributed by atoms with E-state index in [2.05, 4.69) is 33.4 Å². The van der Waals surface area contributed by atoms with E-state index in [1.54, 1.807) is 0 Å². The summed E-state index contributed by atoms with van der Waals surface area (Å²) >= 11 is 0. The molecular weight excluding hydrogens is 208 g/mol. The van der Waals surface area contributed by atoms with Crippen molar-refractivity contribution in [1.29, 1.82) is 0 Å². The van der Waals surface area contributed by atoms with Gasteiger partial charge in [0.1, 0.15) is 0 Å². The minimum atomic E-state index is -0.525. The quantitative estimate of drug-likeness (QED) is 0.691. The van der Waals surface area contributed by atoms with Crippen molar-refractivity contribution in [2.45, 2.75) is 71.3 Å². The highest BCUT2D eigenvalue weighted by atomic mass is 16.3. The fraction of sp³-hybridized carbons (Fsp3) is 0.750. The van der Waals surface area contributed by atoms with Crippen LogP contribution in [0.5, 0.6) is 0 Å². The van der Waals surface area contributed by atoms with Crippen molar-refractivity contribution in [3.8, 4) is 0 Å². The highest BCUT2D eigenvalue weighted by Gasteiger charge is 2.44. The van der Waals surface area contributed by atoms with Crippen LogP contribution in [0.1, 0.15) is 65.7 Å². The maximum Gasteiger partial charge on any atom is 0.0735 e. The molecule has 1 aliphatic rings. The molecule has 0 heterocycles. The molecule has 1 unspecified atom stereocenters. The molecule has 0 aromatic heterocycles. The SMILES string of the molecule is C=CC(C)(CCC=C(C)C)C1(O)CCCCC1. The Morgan fingerprint density at radius 2 is 1.88 bits per heavy atom. The van der Waals surface area contributed by atoms with Crippen LogP contribution in [0.3, 0.4) is 0 Å². The summed E-state index contributed by atoms with van der Waals surface area (Å²) in [6.45, 7) is 10.4. The van der Waals surface area contributed by atoms with Crippen LogP contribution in [0.25, 0.3) is 0 Å². The maximum atomic E-state index is 10.9. The average molecular weight is 236 g/mol. The van der Waals surface area contributed by atoms with Gasteiger partial charge in [0.25, 0.3) is 0 Å². The fourth-order valence-corrected chi connectivity index (χ4v) is 2.89. The second-order valence-corrected chi connectivity index (χ2v) is 6.03. The van der Waals surface area contributed by atoms with E-state index in [1.165, 1.54) is 12.0 Å². The number of rotatable bonds is 5. The smallest absolute Gasteiger partial charge is 0.0735 e. The molecule has 0 aromatic carbocycles. The van der Waals surface area contributed by atoms with Gasteiger partial charge in [-0.15, -0.1) is 6.58 Å². The van der Waals surface area contributed by atoms with E-state index < -0.39 is 5.60 Å². The van der Waals surface area contributed by atoms with Crippen molar-refractivity contribution in [3.05, 3.63) is 24.3 Å². The molecular formula is C16H28O. The molecule has 0 radical (unpaired) electrons. The van der Waals surface area contributed by atoms with E-state index in [0.29, 0.717) is 0 Å². The molecule has 0 spiro atoms. The lowest BCUT2D eigenvalue weighted by Gasteiger charge is -2.46. The zero-order chi connectivity index (χ0) is 12.9. The van der Waals surface area contributed by atoms with Crippen molar-refractivity contribution in [1.82, 2.24) is 0 Å². The van der Waals surface area contributed by atoms with Gasteiger partial charge in [-0.1, -0.05) is 43.9 Å². The molecule has 0 aliphatic heterocycles. The molecule has 0 bridgehead atoms. The lowest BCUT2D eigenvalue weighted by molar-refractivity contribution is -0.0815. The summed E-state index contributed by atoms with van der Waals surface area (Å²) in [4.78, 5) is 0. The predicted octanol–water partition coefficient (Wildman–Crippen LogP) is 4.62. The van der Waals surface area contributed by atoms with Crippen LogP contribution in [0.15, 0.2) is 24.3 Å². The molecule has 1 rings (SSSR count). The second kappa shape index (κ2) is 5.86. The van der Waals surface area contributed by atoms with E-state index in [9.17, 15) is 5.11 Å². The standard InChI is InChI=1S/C16H28O/c1-5-15(4,11-9-10-14(2)3)16(17)12-7-6-8-13-16/h5,10,17H,1,6-9,11-13H2,2-4H3. The third-order valence-electron chi connectivity index (χ3n) is 4.41. The van der Waals surface area contributed by atoms with E-state index in [0.717, 1.165) is 38.5 Å². The first-order valence-corrected chi connectivity index (χ1v) is 6.93. The van der Waals surface area contributed by atoms with Crippen LogP contribution in [-0.2, 0) is 0 Å². The van der Waals surface area contributed by atoms with Crippen LogP contribution in [0.4, 0.5) is 0 Å². The monoisotopic (exact) mass is 236 g/mol. The van der Waals surface area contributed by atoms with Crippen molar-refractivity contribution in [2.24, 2.45) is 5.41 Å². The summed E-state index contributed by atoms with van der Waals surface area (Å²) in [6.07, 6.45) is 11.7. The minimum Gasteiger partial charge on any atom is -0.389 e. The topological polar surface area (TPSA) is 20.2 Å². The Kier molecular flexibility index (Phi) is 5.00. The average Bonchev–Trinajstić information content (AvgIpc) is 2.29. The molecule has 1 nitrogen and oxygen atoms in total. The zero-order valence-corrected chi connectivity index (χ0v) is 11.8. The van der Waals surface area contributed by atoms with Gasteiger partial charge in [-0.2, -0.15) is 0 Å². The Labute approximate surface area is 107 Å². The Balaban J connectivity index is 2.72. The molecule has 1 heteroatoms. The van der Waals surface area contributed by atoms with Crippen LogP contribution < -0.4 is 0 Å². The van der Waals surface area contributed by atoms with Gasteiger partial charge in [0, 0.05) is 5.41 Å². The molecule has 1 N–H and O–H groups in total. The number of hydrogen-bond acceptors (Lipinski definition) is 1. The first kappa shape index (κ1) is 14.5. The third kappa shape index (κ3) is 3.45. The third-order valence-corrected chi connectivity index (χ3v) is 4.41. The van der Waals surface area contributed by atoms with E-state index in [-0.39, 0.29) is 5.41 Å². The molecule has 98 valence electrons. The molecule has 0 aromatic rings. The van der Waals surface area contributed by atoms with Gasteiger partial charge in [0.15, 0.2) is 0 Å². The summed E-state index contributed by atoms with van der Waals surface area (Å²) in [5.74, 6) is 0. The van der Waals surface area contributed by atoms with Crippen molar-refractivity contribution in [2.75, 3.05) is 0 Å². The van der Waals surface area contributed by atoms with Crippen molar-refractivity contribution >= 4 is 0 Å². The lowest BCUT2D eigenvalue weighted by atomic mass is 9.64. The van der Waals surface area contributed by atoms with Crippen LogP contribution in [0.2, 0.25) is 0 Å². The normalized spacial score (nSPS) is 22.6. The Bertz CT molecular complexity index is 280. The van der Waals surface area contributed by atoms with Crippen LogP contribution >= 0.6 is 0 Å². The lowest BCUT2D eigenvalue weighted by Crippen LogP contribution is -2.46. The number of hydrogen-bond donors (Lipinski definition) is 1. The van der Waals surface area contributed by atoms with Gasteiger partial charge >= 0.3 is 0 Å². The van der Waals surface area contributed by atoms with E-state index in [1.807, 2.05) is 6.08 Å². The van der Waals surface area contributed by atoms with E-state index >= 15 is 0 Å². The van der Waals surface area contributed by atoms with Gasteiger partial charge in [0.05, 0.1) is 5.60 Å². The molecule has 0 saturated heterocycles. The zero-order valence-electron chi connectivity index (χ0n) is 11.8. The Morgan fingerprint density at radius 3 is 2.35 bits per heavy atom. The minimum absolute atomic E-state index is 0.140. The van der Waals surface area contributed by atoms with Gasteiger partial charge in [-0.3, -0.25) is 0 Å². The van der Waals surface area contributed by atoms with Crippen LogP contribution in [0, 0.1) is 5.41 Å². The van der Waals surface area contributed by atoms with Gasteiger partial charge in [-0.05, 0) is 39.5 Å². The molecule has 1 aliphatic carbocycles. The Morgan fingerprint density at radius 1 is 1.29 bits per heavy atom. The highest BCUT2D eigenvalue weighted by molar-refractivity contribution is 5.08. The fourth-order valence-electron chi connectivity index (χ4n) is 2.89. The van der Waals surface area contributed by atoms with Crippen LogP contribution in [-0.4, -0.2) is 10.7 Å². The molecule has 1 atom stereocenters. The highest BCUT2D eigenvalue weighted by Crippen LogP contribution is 2.46. The Hall–Kier alpha value is -0.560. The van der Waals surface area contributed by atoms with Crippen molar-refractivity contribution in [3.63, 3.8) is 0 Å². The van der Waals surface area contributed by atoms with Gasteiger partial charge in [-0.25, -0.2) is 0 Å². The first-order valence-electron chi connectivity index (χ1n) is 6.93. The summed E-state index contributed by atoms with van der Waals surface area (Å²) in [5.41, 5.74) is 0.689. The summed E-state index contributed by atoms with van der Waals surface area (Å²) < 4.78 is 0.